The number of pyridine rings is 2. The van der Waals surface area contributed by atoms with Crippen LogP contribution >= 0.6 is 35.6 Å². The van der Waals surface area contributed by atoms with Crippen LogP contribution in [0.5, 0.6) is 0 Å². The molecule has 6 heterocycles. The topological polar surface area (TPSA) is 165 Å². The Labute approximate surface area is 331 Å². The summed E-state index contributed by atoms with van der Waals surface area (Å²) in [5.41, 5.74) is -1.84. The number of carbonyl (C=O) groups is 1. The van der Waals surface area contributed by atoms with Crippen LogP contribution in [0.3, 0.4) is 0 Å². The van der Waals surface area contributed by atoms with E-state index in [1.54, 1.807) is 20.8 Å². The molecule has 0 saturated carbocycles. The van der Waals surface area contributed by atoms with E-state index in [-0.39, 0.29) is 76.5 Å². The van der Waals surface area contributed by atoms with Gasteiger partial charge in [-0.2, -0.15) is 8.78 Å². The Balaban J connectivity index is 0.000000252. The molecule has 4 aromatic rings. The zero-order valence-electron chi connectivity index (χ0n) is 29.8. The molecular formula is C33H35Cl3F6N10O4. The second-order valence-electron chi connectivity index (χ2n) is 13.5. The molecule has 2 aliphatic rings. The van der Waals surface area contributed by atoms with Gasteiger partial charge in [-0.3, -0.25) is 9.59 Å². The monoisotopic (exact) mass is 854 g/mol. The first kappa shape index (κ1) is 44.1. The van der Waals surface area contributed by atoms with Crippen LogP contribution in [0.4, 0.5) is 42.8 Å². The van der Waals surface area contributed by atoms with Crippen LogP contribution in [0, 0.1) is 11.9 Å². The Hall–Kier alpha value is -4.66. The molecule has 56 heavy (non-hydrogen) atoms. The number of hydrogen-bond acceptors (Lipinski definition) is 11. The number of nitrogens with one attached hydrogen (secondary N) is 3. The minimum atomic E-state index is -3.33. The number of H-pyrrole nitrogens is 2. The lowest BCUT2D eigenvalue weighted by molar-refractivity contribution is -0.0285. The number of aromatic nitrogens is 6. The van der Waals surface area contributed by atoms with E-state index in [9.17, 15) is 40.7 Å². The molecule has 0 bridgehead atoms. The van der Waals surface area contributed by atoms with Crippen LogP contribution in [0.15, 0.2) is 46.2 Å². The third kappa shape index (κ3) is 11.5. The Bertz CT molecular complexity index is 2160. The summed E-state index contributed by atoms with van der Waals surface area (Å²) in [6.45, 7) is 2.45. The van der Waals surface area contributed by atoms with Gasteiger partial charge in [0.25, 0.3) is 23.0 Å². The summed E-state index contributed by atoms with van der Waals surface area (Å²) in [6.07, 6.45) is 1.52. The molecule has 0 radical (unpaired) electrons. The molecule has 2 fully saturated rings. The highest BCUT2D eigenvalue weighted by Gasteiger charge is 2.41. The maximum absolute atomic E-state index is 14.6. The number of halogens is 9. The molecule has 1 amide bonds. The minimum absolute atomic E-state index is 0. The van der Waals surface area contributed by atoms with Crippen molar-refractivity contribution in [1.29, 1.82) is 0 Å². The quantitative estimate of drug-likeness (QED) is 0.178. The van der Waals surface area contributed by atoms with E-state index in [1.807, 2.05) is 0 Å². The summed E-state index contributed by atoms with van der Waals surface area (Å²) >= 11 is 12.0. The van der Waals surface area contributed by atoms with E-state index in [1.165, 1.54) is 29.4 Å². The maximum Gasteiger partial charge on any atom is 0.410 e. The molecular weight excluding hydrogens is 821 g/mol. The van der Waals surface area contributed by atoms with Crippen molar-refractivity contribution in [2.24, 2.45) is 0 Å². The van der Waals surface area contributed by atoms with Crippen LogP contribution in [0.2, 0.25) is 10.0 Å². The zero-order valence-corrected chi connectivity index (χ0v) is 32.1. The Morgan fingerprint density at radius 2 is 1.27 bits per heavy atom. The van der Waals surface area contributed by atoms with E-state index >= 15 is 0 Å². The van der Waals surface area contributed by atoms with Crippen molar-refractivity contribution < 1.29 is 35.9 Å². The number of amides is 1. The number of anilines is 2. The van der Waals surface area contributed by atoms with Gasteiger partial charge in [0.05, 0.1) is 26.2 Å². The number of hydrogen-bond donors (Lipinski definition) is 3. The fourth-order valence-corrected chi connectivity index (χ4v) is 5.86. The molecule has 2 saturated heterocycles. The van der Waals surface area contributed by atoms with Gasteiger partial charge in [-0.05, 0) is 32.9 Å². The smallest absolute Gasteiger partial charge is 0.410 e. The van der Waals surface area contributed by atoms with Gasteiger partial charge in [-0.15, -0.1) is 12.4 Å². The fraction of sp³-hybridized carbons (Fsp3) is 0.424. The molecule has 0 aliphatic carbocycles. The molecule has 3 N–H and O–H groups in total. The highest BCUT2D eigenvalue weighted by Crippen LogP contribution is 2.30. The third-order valence-corrected chi connectivity index (χ3v) is 8.47. The Morgan fingerprint density at radius 1 is 0.786 bits per heavy atom. The minimum Gasteiger partial charge on any atom is -0.444 e. The van der Waals surface area contributed by atoms with Crippen molar-refractivity contribution in [2.45, 2.75) is 38.2 Å². The molecule has 304 valence electrons. The average molecular weight is 856 g/mol. The standard InChI is InChI=1S/C19H21ClF3N5O3.C14H13ClF3N5O.ClH/c1-18(2,3)31-17(30)28-7-6-27(9-19(22,23)10-28)15-13(20)16(29)26-14(25-15)11-4-5-24-12(21)8-11;15-10-12(23-4-3-19-6-14(17,18)7-23)21-11(22-13(10)24)8-1-2-20-9(16)5-8;/h4-5,8H,6-7,9-10H2,1-3H3,(H,25,26,29);1-2,5,19H,3-4,6-7H2,(H,21,22,24);1H. The van der Waals surface area contributed by atoms with Gasteiger partial charge in [0.2, 0.25) is 11.9 Å². The van der Waals surface area contributed by atoms with Crippen LogP contribution in [-0.2, 0) is 4.74 Å². The lowest BCUT2D eigenvalue weighted by Crippen LogP contribution is -2.44. The van der Waals surface area contributed by atoms with Crippen LogP contribution in [0.25, 0.3) is 22.8 Å². The first-order chi connectivity index (χ1) is 25.7. The normalized spacial score (nSPS) is 16.8. The van der Waals surface area contributed by atoms with Gasteiger partial charge >= 0.3 is 6.09 Å². The number of ether oxygens (including phenoxy) is 1. The Kier molecular flexibility index (Phi) is 13.9. The van der Waals surface area contributed by atoms with E-state index < -0.39 is 72.7 Å². The highest BCUT2D eigenvalue weighted by atomic mass is 35.5. The van der Waals surface area contributed by atoms with E-state index in [4.69, 9.17) is 27.9 Å². The maximum atomic E-state index is 14.6. The highest BCUT2D eigenvalue weighted by molar-refractivity contribution is 6.33. The van der Waals surface area contributed by atoms with E-state index in [0.29, 0.717) is 6.54 Å². The SMILES string of the molecule is CC(C)(C)OC(=O)N1CCN(c2nc(-c3ccnc(F)c3)[nH]c(=O)c2Cl)CC(F)(F)C1.Cl.O=c1[nH]c(-c2ccnc(F)c2)nc(N2CCNCC(F)(F)C2)c1Cl. The fourth-order valence-electron chi connectivity index (χ4n) is 5.44. The Morgan fingerprint density at radius 3 is 1.75 bits per heavy atom. The van der Waals surface area contributed by atoms with Crippen LogP contribution < -0.4 is 26.2 Å². The lowest BCUT2D eigenvalue weighted by Gasteiger charge is -2.27. The molecule has 0 spiro atoms. The van der Waals surface area contributed by atoms with Crippen LogP contribution in [-0.4, -0.2) is 111 Å². The largest absolute Gasteiger partial charge is 0.444 e. The second kappa shape index (κ2) is 17.6. The summed E-state index contributed by atoms with van der Waals surface area (Å²) in [5.74, 6) is -8.15. The van der Waals surface area contributed by atoms with Gasteiger partial charge in [0.15, 0.2) is 11.6 Å². The predicted octanol–water partition coefficient (Wildman–Crippen LogP) is 5.41. The number of carbonyl (C=O) groups excluding carboxylic acids is 1. The lowest BCUT2D eigenvalue weighted by atomic mass is 10.2. The first-order valence-corrected chi connectivity index (χ1v) is 17.2. The molecule has 6 rings (SSSR count). The molecule has 0 unspecified atom stereocenters. The van der Waals surface area contributed by atoms with E-state index in [2.05, 4.69) is 35.2 Å². The van der Waals surface area contributed by atoms with Gasteiger partial charge < -0.3 is 34.7 Å². The van der Waals surface area contributed by atoms with Crippen LogP contribution in [0.1, 0.15) is 20.8 Å². The second-order valence-corrected chi connectivity index (χ2v) is 14.2. The van der Waals surface area contributed by atoms with Crippen molar-refractivity contribution in [3.05, 3.63) is 79.3 Å². The van der Waals surface area contributed by atoms with E-state index in [0.717, 1.165) is 21.9 Å². The number of aromatic amines is 2. The van der Waals surface area contributed by atoms with Crippen molar-refractivity contribution in [2.75, 3.05) is 62.2 Å². The summed E-state index contributed by atoms with van der Waals surface area (Å²) < 4.78 is 88.8. The molecule has 23 heteroatoms. The molecule has 4 aromatic heterocycles. The number of alkyl halides is 4. The molecule has 0 atom stereocenters. The number of rotatable bonds is 4. The van der Waals surface area contributed by atoms with Gasteiger partial charge in [-0.25, -0.2) is 42.3 Å². The summed E-state index contributed by atoms with van der Waals surface area (Å²) in [5, 5.41) is 1.94. The van der Waals surface area contributed by atoms with Crippen molar-refractivity contribution in [3.63, 3.8) is 0 Å². The zero-order chi connectivity index (χ0) is 40.3. The summed E-state index contributed by atoms with van der Waals surface area (Å²) in [7, 11) is 0. The molecule has 14 nitrogen and oxygen atoms in total. The summed E-state index contributed by atoms with van der Waals surface area (Å²) in [6, 6.07) is 4.96. The third-order valence-electron chi connectivity index (χ3n) is 7.79. The van der Waals surface area contributed by atoms with Gasteiger partial charge in [0.1, 0.15) is 27.3 Å². The summed E-state index contributed by atoms with van der Waals surface area (Å²) in [4.78, 5) is 59.9. The molecule has 0 aromatic carbocycles. The van der Waals surface area contributed by atoms with Crippen molar-refractivity contribution in [1.82, 2.24) is 40.1 Å². The van der Waals surface area contributed by atoms with Crippen molar-refractivity contribution >= 4 is 53.3 Å². The first-order valence-electron chi connectivity index (χ1n) is 16.5. The number of nitrogens with zero attached hydrogens (tertiary/aromatic N) is 7. The average Bonchev–Trinajstić information content (AvgIpc) is 3.38. The van der Waals surface area contributed by atoms with Crippen molar-refractivity contribution in [3.8, 4) is 22.8 Å². The van der Waals surface area contributed by atoms with Gasteiger partial charge in [-0.1, -0.05) is 23.2 Å². The molecule has 2 aliphatic heterocycles. The van der Waals surface area contributed by atoms with Gasteiger partial charge in [0, 0.05) is 61.8 Å². The predicted molar refractivity (Wildman–Crippen MR) is 198 cm³/mol.